The standard InChI is InChI=1S/C10H17F2NO2/c1-7(5-14)13-4-8(2)15-10(3,6-13)9(11)12/h5,7-9H,4,6H2,1-3H3. The van der Waals surface area contributed by atoms with Gasteiger partial charge in [0.1, 0.15) is 11.9 Å². The first kappa shape index (κ1) is 12.5. The predicted octanol–water partition coefficient (Wildman–Crippen LogP) is 1.32. The zero-order valence-corrected chi connectivity index (χ0v) is 9.24. The summed E-state index contributed by atoms with van der Waals surface area (Å²) in [5.41, 5.74) is -1.46. The fourth-order valence-electron chi connectivity index (χ4n) is 1.85. The third-order valence-electron chi connectivity index (χ3n) is 2.71. The number of nitrogens with zero attached hydrogens (tertiary/aromatic N) is 1. The Kier molecular flexibility index (Phi) is 3.78. The zero-order chi connectivity index (χ0) is 11.6. The molecule has 0 aliphatic carbocycles. The molecule has 0 saturated carbocycles. The fourth-order valence-corrected chi connectivity index (χ4v) is 1.85. The Hall–Kier alpha value is -0.550. The highest BCUT2D eigenvalue weighted by molar-refractivity contribution is 5.56. The van der Waals surface area contributed by atoms with Gasteiger partial charge in [0.2, 0.25) is 0 Å². The highest BCUT2D eigenvalue weighted by atomic mass is 19.3. The lowest BCUT2D eigenvalue weighted by molar-refractivity contribution is -0.202. The van der Waals surface area contributed by atoms with E-state index in [1.165, 1.54) is 6.92 Å². The number of hydrogen-bond acceptors (Lipinski definition) is 3. The first-order valence-electron chi connectivity index (χ1n) is 5.04. The Morgan fingerprint density at radius 1 is 1.60 bits per heavy atom. The Bertz CT molecular complexity index is 237. The van der Waals surface area contributed by atoms with Gasteiger partial charge in [-0.05, 0) is 20.8 Å². The molecule has 3 nitrogen and oxygen atoms in total. The van der Waals surface area contributed by atoms with Crippen LogP contribution >= 0.6 is 0 Å². The van der Waals surface area contributed by atoms with Gasteiger partial charge in [0.05, 0.1) is 12.1 Å². The lowest BCUT2D eigenvalue weighted by atomic mass is 10.0. The van der Waals surface area contributed by atoms with E-state index in [4.69, 9.17) is 4.74 Å². The smallest absolute Gasteiger partial charge is 0.268 e. The maximum absolute atomic E-state index is 12.8. The van der Waals surface area contributed by atoms with Crippen LogP contribution in [0.25, 0.3) is 0 Å². The van der Waals surface area contributed by atoms with E-state index in [1.807, 2.05) is 0 Å². The molecule has 0 bridgehead atoms. The highest BCUT2D eigenvalue weighted by Crippen LogP contribution is 2.28. The molecule has 0 aromatic rings. The summed E-state index contributed by atoms with van der Waals surface area (Å²) in [6.07, 6.45) is -2.05. The molecule has 0 amide bonds. The van der Waals surface area contributed by atoms with Gasteiger partial charge in [0, 0.05) is 13.1 Å². The van der Waals surface area contributed by atoms with Crippen molar-refractivity contribution in [2.75, 3.05) is 13.1 Å². The average molecular weight is 221 g/mol. The quantitative estimate of drug-likeness (QED) is 0.673. The van der Waals surface area contributed by atoms with Crippen molar-refractivity contribution in [2.45, 2.75) is 44.9 Å². The minimum Gasteiger partial charge on any atom is -0.364 e. The van der Waals surface area contributed by atoms with E-state index in [-0.39, 0.29) is 18.7 Å². The van der Waals surface area contributed by atoms with Crippen molar-refractivity contribution in [1.82, 2.24) is 4.90 Å². The van der Waals surface area contributed by atoms with E-state index in [2.05, 4.69) is 0 Å². The number of alkyl halides is 2. The molecular weight excluding hydrogens is 204 g/mol. The van der Waals surface area contributed by atoms with Gasteiger partial charge < -0.3 is 9.53 Å². The van der Waals surface area contributed by atoms with Crippen LogP contribution in [0.1, 0.15) is 20.8 Å². The molecule has 1 aliphatic heterocycles. The highest BCUT2D eigenvalue weighted by Gasteiger charge is 2.43. The number of carbonyl (C=O) groups is 1. The Labute approximate surface area is 88.4 Å². The number of morpholine rings is 1. The minimum atomic E-state index is -2.54. The molecular formula is C10H17F2NO2. The van der Waals surface area contributed by atoms with Crippen LogP contribution in [0.2, 0.25) is 0 Å². The van der Waals surface area contributed by atoms with Gasteiger partial charge in [-0.25, -0.2) is 8.78 Å². The summed E-state index contributed by atoms with van der Waals surface area (Å²) >= 11 is 0. The number of ether oxygens (including phenoxy) is 1. The van der Waals surface area contributed by atoms with Gasteiger partial charge in [0.15, 0.2) is 0 Å². The predicted molar refractivity (Wildman–Crippen MR) is 52.1 cm³/mol. The molecule has 0 aromatic carbocycles. The molecule has 1 rings (SSSR count). The summed E-state index contributed by atoms with van der Waals surface area (Å²) in [5.74, 6) is 0. The first-order valence-corrected chi connectivity index (χ1v) is 5.04. The molecule has 1 heterocycles. The summed E-state index contributed by atoms with van der Waals surface area (Å²) in [5, 5.41) is 0. The molecule has 0 aromatic heterocycles. The van der Waals surface area contributed by atoms with Crippen LogP contribution in [0.5, 0.6) is 0 Å². The average Bonchev–Trinajstić information content (AvgIpc) is 2.15. The Balaban J connectivity index is 2.75. The van der Waals surface area contributed by atoms with Crippen LogP contribution in [0.4, 0.5) is 8.78 Å². The van der Waals surface area contributed by atoms with Crippen molar-refractivity contribution in [3.63, 3.8) is 0 Å². The van der Waals surface area contributed by atoms with Crippen molar-refractivity contribution in [3.05, 3.63) is 0 Å². The van der Waals surface area contributed by atoms with Crippen LogP contribution in [-0.4, -0.2) is 48.4 Å². The second-order valence-corrected chi connectivity index (χ2v) is 4.35. The number of hydrogen-bond donors (Lipinski definition) is 0. The summed E-state index contributed by atoms with van der Waals surface area (Å²) < 4.78 is 30.8. The SMILES string of the molecule is CC1CN(C(C)C=O)CC(C)(C(F)F)O1. The van der Waals surface area contributed by atoms with E-state index in [1.54, 1.807) is 18.7 Å². The van der Waals surface area contributed by atoms with Crippen LogP contribution < -0.4 is 0 Å². The Morgan fingerprint density at radius 2 is 2.20 bits per heavy atom. The molecule has 0 N–H and O–H groups in total. The summed E-state index contributed by atoms with van der Waals surface area (Å²) in [4.78, 5) is 12.4. The van der Waals surface area contributed by atoms with Gasteiger partial charge in [-0.15, -0.1) is 0 Å². The molecule has 1 aliphatic rings. The molecule has 3 unspecified atom stereocenters. The molecule has 5 heteroatoms. The van der Waals surface area contributed by atoms with Crippen LogP contribution in [0.3, 0.4) is 0 Å². The summed E-state index contributed by atoms with van der Waals surface area (Å²) in [6, 6.07) is -0.338. The monoisotopic (exact) mass is 221 g/mol. The molecule has 0 spiro atoms. The number of carbonyl (C=O) groups excluding carboxylic acids is 1. The molecule has 3 atom stereocenters. The number of rotatable bonds is 3. The maximum Gasteiger partial charge on any atom is 0.268 e. The number of halogens is 2. The van der Waals surface area contributed by atoms with Gasteiger partial charge in [0.25, 0.3) is 6.43 Å². The van der Waals surface area contributed by atoms with Crippen molar-refractivity contribution < 1.29 is 18.3 Å². The van der Waals surface area contributed by atoms with Gasteiger partial charge in [-0.3, -0.25) is 4.90 Å². The molecule has 1 fully saturated rings. The van der Waals surface area contributed by atoms with Crippen molar-refractivity contribution in [1.29, 1.82) is 0 Å². The van der Waals surface area contributed by atoms with Crippen molar-refractivity contribution in [3.8, 4) is 0 Å². The lowest BCUT2D eigenvalue weighted by Crippen LogP contribution is -2.59. The largest absolute Gasteiger partial charge is 0.364 e. The van der Waals surface area contributed by atoms with E-state index in [9.17, 15) is 13.6 Å². The lowest BCUT2D eigenvalue weighted by Gasteiger charge is -2.44. The van der Waals surface area contributed by atoms with Crippen LogP contribution in [0, 0.1) is 0 Å². The fraction of sp³-hybridized carbons (Fsp3) is 0.900. The number of aldehydes is 1. The second kappa shape index (κ2) is 4.53. The summed E-state index contributed by atoms with van der Waals surface area (Å²) in [6.45, 7) is 5.44. The van der Waals surface area contributed by atoms with Gasteiger partial charge in [-0.2, -0.15) is 0 Å². The topological polar surface area (TPSA) is 29.5 Å². The summed E-state index contributed by atoms with van der Waals surface area (Å²) in [7, 11) is 0. The van der Waals surface area contributed by atoms with E-state index < -0.39 is 12.0 Å². The Morgan fingerprint density at radius 3 is 2.67 bits per heavy atom. The van der Waals surface area contributed by atoms with Crippen LogP contribution in [0.15, 0.2) is 0 Å². The van der Waals surface area contributed by atoms with Crippen LogP contribution in [-0.2, 0) is 9.53 Å². The molecule has 1 saturated heterocycles. The molecule has 15 heavy (non-hydrogen) atoms. The van der Waals surface area contributed by atoms with Crippen molar-refractivity contribution >= 4 is 6.29 Å². The molecule has 88 valence electrons. The first-order chi connectivity index (χ1) is 6.89. The second-order valence-electron chi connectivity index (χ2n) is 4.35. The van der Waals surface area contributed by atoms with Gasteiger partial charge >= 0.3 is 0 Å². The normalized spacial score (nSPS) is 35.5. The maximum atomic E-state index is 12.8. The van der Waals surface area contributed by atoms with Crippen molar-refractivity contribution in [2.24, 2.45) is 0 Å². The van der Waals surface area contributed by atoms with E-state index in [0.717, 1.165) is 6.29 Å². The zero-order valence-electron chi connectivity index (χ0n) is 9.24. The van der Waals surface area contributed by atoms with E-state index in [0.29, 0.717) is 6.54 Å². The molecule has 0 radical (unpaired) electrons. The third kappa shape index (κ3) is 2.72. The minimum absolute atomic E-state index is 0.0922. The third-order valence-corrected chi connectivity index (χ3v) is 2.71. The van der Waals surface area contributed by atoms with Gasteiger partial charge in [-0.1, -0.05) is 0 Å². The van der Waals surface area contributed by atoms with E-state index >= 15 is 0 Å².